The minimum Gasteiger partial charge on any atom is -0.457 e. The monoisotopic (exact) mass is 617 g/mol. The number of nitrogens with zero attached hydrogens (tertiary/aromatic N) is 2. The molecule has 4 aromatic rings. The van der Waals surface area contributed by atoms with E-state index < -0.39 is 40.2 Å². The van der Waals surface area contributed by atoms with Crippen molar-refractivity contribution in [2.45, 2.75) is 51.2 Å². The average molecular weight is 618 g/mol. The Morgan fingerprint density at radius 1 is 0.818 bits per heavy atom. The Bertz CT molecular complexity index is 1680. The molecule has 44 heavy (non-hydrogen) atoms. The van der Waals surface area contributed by atoms with Gasteiger partial charge in [-0.25, -0.2) is 12.8 Å². The molecular formula is C34H36FN3O5S. The molecule has 0 spiro atoms. The highest BCUT2D eigenvalue weighted by atomic mass is 32.2. The SMILES string of the molecule is Cc1ccc(S(=O)(=O)N(CC(=O)N(Cc2ccccc2F)C(C)C(=O)NC(C)C)c2ccc(Oc3ccccc3)cc2)cc1. The highest BCUT2D eigenvalue weighted by Gasteiger charge is 2.33. The summed E-state index contributed by atoms with van der Waals surface area (Å²) in [5.74, 6) is -0.587. The van der Waals surface area contributed by atoms with Crippen molar-refractivity contribution in [3.8, 4) is 11.5 Å². The van der Waals surface area contributed by atoms with Crippen molar-refractivity contribution in [3.63, 3.8) is 0 Å². The molecule has 0 saturated carbocycles. The second kappa shape index (κ2) is 14.2. The minimum absolute atomic E-state index is 0.00762. The number of amides is 2. The van der Waals surface area contributed by atoms with Gasteiger partial charge in [0, 0.05) is 18.2 Å². The van der Waals surface area contributed by atoms with Gasteiger partial charge in [-0.1, -0.05) is 54.1 Å². The van der Waals surface area contributed by atoms with Crippen molar-refractivity contribution in [2.75, 3.05) is 10.8 Å². The van der Waals surface area contributed by atoms with Gasteiger partial charge in [-0.15, -0.1) is 0 Å². The number of carbonyl (C=O) groups excluding carboxylic acids is 2. The standard InChI is InChI=1S/C34H36FN3O5S/c1-24(2)36-34(40)26(4)37(22-27-10-8-9-13-32(27)35)33(39)23-38(44(41,42)31-20-14-25(3)15-21-31)28-16-18-30(19-17-28)43-29-11-6-5-7-12-29/h5-21,24,26H,22-23H2,1-4H3,(H,36,40). The van der Waals surface area contributed by atoms with Gasteiger partial charge in [0.05, 0.1) is 10.6 Å². The fraction of sp³-hybridized carbons (Fsp3) is 0.235. The molecule has 1 atom stereocenters. The number of nitrogens with one attached hydrogen (secondary N) is 1. The molecule has 4 aromatic carbocycles. The molecule has 2 amide bonds. The number of sulfonamides is 1. The van der Waals surface area contributed by atoms with Crippen LogP contribution in [0.4, 0.5) is 10.1 Å². The van der Waals surface area contributed by atoms with Crippen molar-refractivity contribution in [3.05, 3.63) is 120 Å². The first kappa shape index (κ1) is 32.2. The molecular weight excluding hydrogens is 581 g/mol. The fourth-order valence-electron chi connectivity index (χ4n) is 4.47. The first-order chi connectivity index (χ1) is 21.0. The summed E-state index contributed by atoms with van der Waals surface area (Å²) >= 11 is 0. The van der Waals surface area contributed by atoms with E-state index in [-0.39, 0.29) is 28.7 Å². The van der Waals surface area contributed by atoms with E-state index in [2.05, 4.69) is 5.32 Å². The van der Waals surface area contributed by atoms with E-state index in [1.165, 1.54) is 42.2 Å². The molecule has 0 saturated heterocycles. The van der Waals surface area contributed by atoms with Crippen molar-refractivity contribution < 1.29 is 27.1 Å². The summed E-state index contributed by atoms with van der Waals surface area (Å²) in [6, 6.07) is 26.5. The molecule has 4 rings (SSSR count). The lowest BCUT2D eigenvalue weighted by atomic mass is 10.1. The molecule has 0 bridgehead atoms. The smallest absolute Gasteiger partial charge is 0.264 e. The average Bonchev–Trinajstić information content (AvgIpc) is 3.00. The molecule has 1 unspecified atom stereocenters. The van der Waals surface area contributed by atoms with Gasteiger partial charge in [0.15, 0.2) is 0 Å². The lowest BCUT2D eigenvalue weighted by Crippen LogP contribution is -2.52. The van der Waals surface area contributed by atoms with E-state index >= 15 is 0 Å². The number of halogens is 1. The molecule has 8 nitrogen and oxygen atoms in total. The minimum atomic E-state index is -4.25. The van der Waals surface area contributed by atoms with Crippen LogP contribution in [0, 0.1) is 12.7 Å². The van der Waals surface area contributed by atoms with E-state index in [0.717, 1.165) is 9.87 Å². The van der Waals surface area contributed by atoms with Gasteiger partial charge in [0.1, 0.15) is 29.9 Å². The van der Waals surface area contributed by atoms with Crippen molar-refractivity contribution in [1.29, 1.82) is 0 Å². The zero-order valence-corrected chi connectivity index (χ0v) is 25.9. The van der Waals surface area contributed by atoms with Crippen LogP contribution in [0.3, 0.4) is 0 Å². The van der Waals surface area contributed by atoms with Crippen LogP contribution in [0.5, 0.6) is 11.5 Å². The van der Waals surface area contributed by atoms with Gasteiger partial charge in [0.25, 0.3) is 10.0 Å². The molecule has 230 valence electrons. The normalized spacial score (nSPS) is 12.0. The molecule has 1 N–H and O–H groups in total. The van der Waals surface area contributed by atoms with Crippen LogP contribution in [0.15, 0.2) is 108 Å². The Labute approximate surface area is 258 Å². The largest absolute Gasteiger partial charge is 0.457 e. The van der Waals surface area contributed by atoms with Gasteiger partial charge in [0.2, 0.25) is 11.8 Å². The van der Waals surface area contributed by atoms with Crippen LogP contribution in [0.25, 0.3) is 0 Å². The molecule has 0 aliphatic heterocycles. The van der Waals surface area contributed by atoms with E-state index in [0.29, 0.717) is 11.5 Å². The van der Waals surface area contributed by atoms with E-state index in [1.54, 1.807) is 68.4 Å². The van der Waals surface area contributed by atoms with Crippen molar-refractivity contribution >= 4 is 27.5 Å². The van der Waals surface area contributed by atoms with Crippen LogP contribution in [0.1, 0.15) is 31.9 Å². The third-order valence-electron chi connectivity index (χ3n) is 6.89. The summed E-state index contributed by atoms with van der Waals surface area (Å²) in [6.07, 6.45) is 0. The molecule has 0 radical (unpaired) electrons. The topological polar surface area (TPSA) is 96.0 Å². The van der Waals surface area contributed by atoms with Crippen LogP contribution < -0.4 is 14.4 Å². The maximum Gasteiger partial charge on any atom is 0.264 e. The number of carbonyl (C=O) groups is 2. The summed E-state index contributed by atoms with van der Waals surface area (Å²) in [5.41, 5.74) is 1.28. The summed E-state index contributed by atoms with van der Waals surface area (Å²) in [6.45, 7) is 6.07. The number of ether oxygens (including phenoxy) is 1. The Morgan fingerprint density at radius 3 is 2.02 bits per heavy atom. The summed E-state index contributed by atoms with van der Waals surface area (Å²) in [7, 11) is -4.25. The van der Waals surface area contributed by atoms with Crippen LogP contribution in [-0.2, 0) is 26.2 Å². The molecule has 0 fully saturated rings. The van der Waals surface area contributed by atoms with Gasteiger partial charge in [-0.3, -0.25) is 13.9 Å². The molecule has 0 aliphatic rings. The highest BCUT2D eigenvalue weighted by Crippen LogP contribution is 2.29. The van der Waals surface area contributed by atoms with Gasteiger partial charge >= 0.3 is 0 Å². The Hall–Kier alpha value is -4.70. The summed E-state index contributed by atoms with van der Waals surface area (Å²) < 4.78 is 49.6. The number of aryl methyl sites for hydroxylation is 1. The predicted molar refractivity (Wildman–Crippen MR) is 168 cm³/mol. The van der Waals surface area contributed by atoms with Gasteiger partial charge < -0.3 is 15.0 Å². The third-order valence-corrected chi connectivity index (χ3v) is 8.68. The predicted octanol–water partition coefficient (Wildman–Crippen LogP) is 6.06. The number of hydrogen-bond acceptors (Lipinski definition) is 5. The van der Waals surface area contributed by atoms with Crippen molar-refractivity contribution in [1.82, 2.24) is 10.2 Å². The number of hydrogen-bond donors (Lipinski definition) is 1. The zero-order chi connectivity index (χ0) is 31.9. The maximum absolute atomic E-state index is 14.7. The van der Waals surface area contributed by atoms with E-state index in [9.17, 15) is 22.4 Å². The molecule has 10 heteroatoms. The lowest BCUT2D eigenvalue weighted by Gasteiger charge is -2.32. The summed E-state index contributed by atoms with van der Waals surface area (Å²) in [4.78, 5) is 28.2. The number of benzene rings is 4. The molecule has 0 heterocycles. The summed E-state index contributed by atoms with van der Waals surface area (Å²) in [5, 5.41) is 2.78. The quantitative estimate of drug-likeness (QED) is 0.208. The molecule has 0 aliphatic carbocycles. The molecule has 0 aromatic heterocycles. The third kappa shape index (κ3) is 8.02. The Kier molecular flexibility index (Phi) is 10.4. The zero-order valence-electron chi connectivity index (χ0n) is 25.1. The fourth-order valence-corrected chi connectivity index (χ4v) is 5.88. The van der Waals surface area contributed by atoms with Crippen LogP contribution >= 0.6 is 0 Å². The van der Waals surface area contributed by atoms with E-state index in [4.69, 9.17) is 4.74 Å². The van der Waals surface area contributed by atoms with Crippen LogP contribution in [-0.4, -0.2) is 43.8 Å². The van der Waals surface area contributed by atoms with E-state index in [1.807, 2.05) is 25.1 Å². The second-order valence-corrected chi connectivity index (χ2v) is 12.5. The van der Waals surface area contributed by atoms with Crippen LogP contribution in [0.2, 0.25) is 0 Å². The Balaban J connectivity index is 1.71. The lowest BCUT2D eigenvalue weighted by molar-refractivity contribution is -0.139. The second-order valence-electron chi connectivity index (χ2n) is 10.7. The maximum atomic E-state index is 14.7. The highest BCUT2D eigenvalue weighted by molar-refractivity contribution is 7.92. The number of para-hydroxylation sites is 1. The first-order valence-corrected chi connectivity index (χ1v) is 15.7. The van der Waals surface area contributed by atoms with Gasteiger partial charge in [-0.2, -0.15) is 0 Å². The first-order valence-electron chi connectivity index (χ1n) is 14.2. The Morgan fingerprint density at radius 2 is 1.41 bits per heavy atom. The van der Waals surface area contributed by atoms with Gasteiger partial charge in [-0.05, 0) is 82.3 Å². The van der Waals surface area contributed by atoms with Crippen molar-refractivity contribution in [2.24, 2.45) is 0 Å². The number of rotatable bonds is 12. The number of anilines is 1.